The lowest BCUT2D eigenvalue weighted by atomic mass is 9.79. The minimum atomic E-state index is -0.0108. The van der Waals surface area contributed by atoms with Gasteiger partial charge in [-0.05, 0) is 63.7 Å². The molecule has 0 radical (unpaired) electrons. The highest BCUT2D eigenvalue weighted by molar-refractivity contribution is 5.73. The van der Waals surface area contributed by atoms with E-state index >= 15 is 0 Å². The molecule has 25 heavy (non-hydrogen) atoms. The van der Waals surface area contributed by atoms with E-state index in [1.54, 1.807) is 0 Å². The van der Waals surface area contributed by atoms with Crippen LogP contribution in [-0.2, 0) is 5.41 Å². The third-order valence-corrected chi connectivity index (χ3v) is 5.92. The molecule has 4 nitrogen and oxygen atoms in total. The van der Waals surface area contributed by atoms with Gasteiger partial charge in [-0.25, -0.2) is 4.79 Å². The van der Waals surface area contributed by atoms with E-state index in [9.17, 15) is 4.79 Å². The Labute approximate surface area is 152 Å². The molecule has 0 bridgehead atoms. The van der Waals surface area contributed by atoms with Crippen LogP contribution in [0.25, 0.3) is 0 Å². The molecule has 2 aliphatic rings. The number of carbonyl (C=O) groups is 1. The van der Waals surface area contributed by atoms with Crippen LogP contribution in [0.4, 0.5) is 4.79 Å². The molecule has 0 atom stereocenters. The second kappa shape index (κ2) is 9.23. The lowest BCUT2D eigenvalue weighted by Crippen LogP contribution is -2.44. The Morgan fingerprint density at radius 3 is 2.40 bits per heavy atom. The number of nitrogens with one attached hydrogen (secondary N) is 2. The number of unbranched alkanes of at least 4 members (excludes halogenated alkanes) is 1. The fraction of sp³-hybridized carbons (Fsp3) is 0.667. The molecule has 1 heterocycles. The highest BCUT2D eigenvalue weighted by atomic mass is 16.2. The maximum atomic E-state index is 12.2. The van der Waals surface area contributed by atoms with Crippen molar-refractivity contribution in [1.29, 1.82) is 0 Å². The van der Waals surface area contributed by atoms with Crippen molar-refractivity contribution in [2.75, 3.05) is 32.7 Å². The van der Waals surface area contributed by atoms with Crippen molar-refractivity contribution in [2.24, 2.45) is 0 Å². The van der Waals surface area contributed by atoms with E-state index in [1.165, 1.54) is 70.1 Å². The number of urea groups is 1. The first-order valence-corrected chi connectivity index (χ1v) is 10.1. The van der Waals surface area contributed by atoms with E-state index < -0.39 is 0 Å². The van der Waals surface area contributed by atoms with E-state index in [4.69, 9.17) is 0 Å². The number of carbonyl (C=O) groups excluding carboxylic acids is 1. The van der Waals surface area contributed by atoms with Crippen molar-refractivity contribution in [1.82, 2.24) is 15.5 Å². The fourth-order valence-electron chi connectivity index (χ4n) is 4.39. The van der Waals surface area contributed by atoms with Crippen LogP contribution in [0.2, 0.25) is 0 Å². The van der Waals surface area contributed by atoms with Gasteiger partial charge < -0.3 is 15.5 Å². The van der Waals surface area contributed by atoms with Gasteiger partial charge in [0.2, 0.25) is 0 Å². The number of amides is 2. The predicted octanol–water partition coefficient (Wildman–Crippen LogP) is 3.67. The van der Waals surface area contributed by atoms with Gasteiger partial charge in [0.05, 0.1) is 0 Å². The number of hydrogen-bond acceptors (Lipinski definition) is 2. The summed E-state index contributed by atoms with van der Waals surface area (Å²) in [6.45, 7) is 5.22. The van der Waals surface area contributed by atoms with Crippen LogP contribution in [0, 0.1) is 0 Å². The van der Waals surface area contributed by atoms with E-state index in [1.807, 2.05) is 0 Å². The van der Waals surface area contributed by atoms with Crippen molar-refractivity contribution in [3.63, 3.8) is 0 Å². The van der Waals surface area contributed by atoms with Crippen molar-refractivity contribution in [2.45, 2.75) is 56.8 Å². The van der Waals surface area contributed by atoms with Crippen LogP contribution in [0.15, 0.2) is 30.3 Å². The molecule has 4 heteroatoms. The lowest BCUT2D eigenvalue weighted by Gasteiger charge is -2.30. The monoisotopic (exact) mass is 343 g/mol. The predicted molar refractivity (Wildman–Crippen MR) is 103 cm³/mol. The Morgan fingerprint density at radius 1 is 0.960 bits per heavy atom. The summed E-state index contributed by atoms with van der Waals surface area (Å²) >= 11 is 0. The first-order chi connectivity index (χ1) is 12.3. The summed E-state index contributed by atoms with van der Waals surface area (Å²) in [4.78, 5) is 14.7. The first kappa shape index (κ1) is 18.2. The van der Waals surface area contributed by atoms with Crippen LogP contribution in [0.1, 0.15) is 56.9 Å². The second-order valence-corrected chi connectivity index (χ2v) is 7.72. The second-order valence-electron chi connectivity index (χ2n) is 7.72. The van der Waals surface area contributed by atoms with E-state index in [-0.39, 0.29) is 11.4 Å². The SMILES string of the molecule is O=C(NCCCCN1CCCC1)NCC1(c2ccccc2)CCCC1. The topological polar surface area (TPSA) is 44.4 Å². The highest BCUT2D eigenvalue weighted by Gasteiger charge is 2.35. The molecule has 0 aromatic heterocycles. The zero-order valence-electron chi connectivity index (χ0n) is 15.4. The van der Waals surface area contributed by atoms with Gasteiger partial charge in [-0.15, -0.1) is 0 Å². The molecule has 3 rings (SSSR count). The Kier molecular flexibility index (Phi) is 6.74. The van der Waals surface area contributed by atoms with Gasteiger partial charge in [-0.3, -0.25) is 0 Å². The summed E-state index contributed by atoms with van der Waals surface area (Å²) in [5.74, 6) is 0. The molecule has 0 spiro atoms. The summed E-state index contributed by atoms with van der Waals surface area (Å²) in [5, 5.41) is 6.17. The lowest BCUT2D eigenvalue weighted by molar-refractivity contribution is 0.236. The van der Waals surface area contributed by atoms with Gasteiger partial charge in [0, 0.05) is 18.5 Å². The van der Waals surface area contributed by atoms with Gasteiger partial charge in [0.15, 0.2) is 0 Å². The molecule has 2 fully saturated rings. The van der Waals surface area contributed by atoms with Gasteiger partial charge in [0.1, 0.15) is 0 Å². The first-order valence-electron chi connectivity index (χ1n) is 10.1. The molecule has 1 saturated carbocycles. The molecular weight excluding hydrogens is 310 g/mol. The Balaban J connectivity index is 1.36. The zero-order valence-corrected chi connectivity index (χ0v) is 15.4. The molecule has 2 N–H and O–H groups in total. The minimum absolute atomic E-state index is 0.0108. The normalized spacial score (nSPS) is 19.8. The maximum Gasteiger partial charge on any atom is 0.314 e. The van der Waals surface area contributed by atoms with Crippen molar-refractivity contribution in [3.8, 4) is 0 Å². The average Bonchev–Trinajstić information content (AvgIpc) is 3.33. The molecule has 138 valence electrons. The molecule has 2 amide bonds. The average molecular weight is 344 g/mol. The standard InChI is InChI=1S/C21H33N3O/c25-20(22-14-6-7-15-24-16-8-9-17-24)23-18-21(12-4-5-13-21)19-10-2-1-3-11-19/h1-3,10-11H,4-9,12-18H2,(H2,22,23,25). The maximum absolute atomic E-state index is 12.2. The van der Waals surface area contributed by atoms with Gasteiger partial charge in [-0.2, -0.15) is 0 Å². The molecule has 1 aromatic carbocycles. The molecule has 1 saturated heterocycles. The Hall–Kier alpha value is -1.55. The number of benzene rings is 1. The van der Waals surface area contributed by atoms with Crippen LogP contribution in [0.3, 0.4) is 0 Å². The largest absolute Gasteiger partial charge is 0.338 e. The zero-order chi connectivity index (χ0) is 17.4. The molecule has 1 aromatic rings. The van der Waals surface area contributed by atoms with Crippen LogP contribution in [-0.4, -0.2) is 43.7 Å². The number of rotatable bonds is 8. The Morgan fingerprint density at radius 2 is 1.68 bits per heavy atom. The van der Waals surface area contributed by atoms with E-state index in [2.05, 4.69) is 45.9 Å². The minimum Gasteiger partial charge on any atom is -0.338 e. The van der Waals surface area contributed by atoms with E-state index in [0.29, 0.717) is 0 Å². The van der Waals surface area contributed by atoms with E-state index in [0.717, 1.165) is 19.5 Å². The quantitative estimate of drug-likeness (QED) is 0.707. The smallest absolute Gasteiger partial charge is 0.314 e. The summed E-state index contributed by atoms with van der Waals surface area (Å²) in [6, 6.07) is 10.7. The van der Waals surface area contributed by atoms with Gasteiger partial charge in [-0.1, -0.05) is 43.2 Å². The number of likely N-dealkylation sites (tertiary alicyclic amines) is 1. The van der Waals surface area contributed by atoms with Gasteiger partial charge in [0.25, 0.3) is 0 Å². The summed E-state index contributed by atoms with van der Waals surface area (Å²) in [6.07, 6.45) is 9.80. The van der Waals surface area contributed by atoms with Crippen molar-refractivity contribution in [3.05, 3.63) is 35.9 Å². The van der Waals surface area contributed by atoms with Crippen LogP contribution >= 0.6 is 0 Å². The van der Waals surface area contributed by atoms with Crippen LogP contribution in [0.5, 0.6) is 0 Å². The molecule has 1 aliphatic heterocycles. The Bertz CT molecular complexity index is 519. The van der Waals surface area contributed by atoms with Crippen LogP contribution < -0.4 is 10.6 Å². The summed E-state index contributed by atoms with van der Waals surface area (Å²) in [5.41, 5.74) is 1.51. The van der Waals surface area contributed by atoms with Crippen molar-refractivity contribution >= 4 is 6.03 Å². The molecule has 1 aliphatic carbocycles. The number of hydrogen-bond donors (Lipinski definition) is 2. The molecular formula is C21H33N3O. The molecule has 0 unspecified atom stereocenters. The number of nitrogens with zero attached hydrogens (tertiary/aromatic N) is 1. The van der Waals surface area contributed by atoms with Crippen molar-refractivity contribution < 1.29 is 4.79 Å². The van der Waals surface area contributed by atoms with Gasteiger partial charge >= 0.3 is 6.03 Å². The third-order valence-electron chi connectivity index (χ3n) is 5.92. The highest BCUT2D eigenvalue weighted by Crippen LogP contribution is 2.40. The fourth-order valence-corrected chi connectivity index (χ4v) is 4.39. The third kappa shape index (κ3) is 5.21. The summed E-state index contributed by atoms with van der Waals surface area (Å²) < 4.78 is 0. The summed E-state index contributed by atoms with van der Waals surface area (Å²) in [7, 11) is 0.